The largest absolute Gasteiger partial charge is 0.333 e. The number of benzene rings is 1. The van der Waals surface area contributed by atoms with Crippen LogP contribution in [0.5, 0.6) is 0 Å². The van der Waals surface area contributed by atoms with Gasteiger partial charge in [-0.1, -0.05) is 23.7 Å². The van der Waals surface area contributed by atoms with Crippen molar-refractivity contribution in [3.63, 3.8) is 0 Å². The van der Waals surface area contributed by atoms with Gasteiger partial charge < -0.3 is 15.1 Å². The second-order valence-corrected chi connectivity index (χ2v) is 6.63. The summed E-state index contributed by atoms with van der Waals surface area (Å²) in [6.45, 7) is 2.33. The molecule has 6 heteroatoms. The fourth-order valence-corrected chi connectivity index (χ4v) is 3.68. The summed E-state index contributed by atoms with van der Waals surface area (Å²) in [4.78, 5) is 28.7. The van der Waals surface area contributed by atoms with Gasteiger partial charge in [0.1, 0.15) is 6.04 Å². The summed E-state index contributed by atoms with van der Waals surface area (Å²) in [5, 5.41) is 3.82. The molecule has 2 heterocycles. The third-order valence-electron chi connectivity index (χ3n) is 4.82. The van der Waals surface area contributed by atoms with Crippen molar-refractivity contribution < 1.29 is 9.59 Å². The number of hydrogen-bond donors (Lipinski definition) is 1. The molecule has 2 aliphatic heterocycles. The number of nitrogens with one attached hydrogen (secondary N) is 1. The first kappa shape index (κ1) is 16.3. The van der Waals surface area contributed by atoms with Crippen molar-refractivity contribution in [1.82, 2.24) is 10.2 Å². The standard InChI is InChI=1S/C17H22ClN3O2/c1-20(16(22)12-6-9-19-10-7-12)15-8-11-21(17(15)23)14-5-3-2-4-13(14)18/h2-5,12,15,19H,6-11H2,1H3. The molecule has 23 heavy (non-hydrogen) atoms. The number of para-hydroxylation sites is 1. The summed E-state index contributed by atoms with van der Waals surface area (Å²) in [6.07, 6.45) is 2.34. The Morgan fingerprint density at radius 2 is 1.96 bits per heavy atom. The zero-order valence-electron chi connectivity index (χ0n) is 13.3. The molecule has 1 unspecified atom stereocenters. The predicted molar refractivity (Wildman–Crippen MR) is 90.6 cm³/mol. The molecule has 2 saturated heterocycles. The number of amides is 2. The molecular formula is C17H22ClN3O2. The van der Waals surface area contributed by atoms with Gasteiger partial charge in [-0.05, 0) is 44.5 Å². The monoisotopic (exact) mass is 335 g/mol. The Morgan fingerprint density at radius 3 is 2.65 bits per heavy atom. The van der Waals surface area contributed by atoms with Crippen molar-refractivity contribution >= 4 is 29.1 Å². The van der Waals surface area contributed by atoms with E-state index in [0.29, 0.717) is 18.0 Å². The minimum atomic E-state index is -0.381. The minimum Gasteiger partial charge on any atom is -0.333 e. The van der Waals surface area contributed by atoms with Crippen LogP contribution in [-0.4, -0.2) is 49.4 Å². The first-order valence-electron chi connectivity index (χ1n) is 8.13. The van der Waals surface area contributed by atoms with Gasteiger partial charge >= 0.3 is 0 Å². The fraction of sp³-hybridized carbons (Fsp3) is 0.529. The van der Waals surface area contributed by atoms with E-state index in [1.165, 1.54) is 0 Å². The summed E-state index contributed by atoms with van der Waals surface area (Å²) >= 11 is 6.20. The van der Waals surface area contributed by atoms with Crippen LogP contribution in [-0.2, 0) is 9.59 Å². The predicted octanol–water partition coefficient (Wildman–Crippen LogP) is 1.90. The lowest BCUT2D eigenvalue weighted by atomic mass is 9.96. The summed E-state index contributed by atoms with van der Waals surface area (Å²) in [5.74, 6) is 0.0807. The van der Waals surface area contributed by atoms with Gasteiger partial charge in [-0.3, -0.25) is 9.59 Å². The Bertz CT molecular complexity index is 601. The molecule has 0 saturated carbocycles. The molecule has 0 spiro atoms. The van der Waals surface area contributed by atoms with Gasteiger partial charge in [0, 0.05) is 19.5 Å². The zero-order valence-corrected chi connectivity index (χ0v) is 14.1. The maximum Gasteiger partial charge on any atom is 0.249 e. The van der Waals surface area contributed by atoms with E-state index in [1.807, 2.05) is 18.2 Å². The maximum absolute atomic E-state index is 12.7. The van der Waals surface area contributed by atoms with Crippen molar-refractivity contribution in [3.8, 4) is 0 Å². The molecule has 1 aromatic rings. The van der Waals surface area contributed by atoms with Gasteiger partial charge in [0.05, 0.1) is 10.7 Å². The number of likely N-dealkylation sites (N-methyl/N-ethyl adjacent to an activating group) is 1. The molecule has 2 amide bonds. The Labute approximate surface area is 141 Å². The highest BCUT2D eigenvalue weighted by molar-refractivity contribution is 6.34. The number of carbonyl (C=O) groups excluding carboxylic acids is 2. The minimum absolute atomic E-state index is 0.0309. The van der Waals surface area contributed by atoms with Crippen LogP contribution in [0.1, 0.15) is 19.3 Å². The topological polar surface area (TPSA) is 52.7 Å². The van der Waals surface area contributed by atoms with Gasteiger partial charge in [0.15, 0.2) is 0 Å². The summed E-state index contributed by atoms with van der Waals surface area (Å²) < 4.78 is 0. The Balaban J connectivity index is 1.71. The van der Waals surface area contributed by atoms with Gasteiger partial charge in [0.25, 0.3) is 0 Å². The molecule has 0 aromatic heterocycles. The lowest BCUT2D eigenvalue weighted by Gasteiger charge is -2.30. The third kappa shape index (κ3) is 3.21. The Hall–Kier alpha value is -1.59. The molecule has 2 aliphatic rings. The lowest BCUT2D eigenvalue weighted by molar-refractivity contribution is -0.140. The highest BCUT2D eigenvalue weighted by Crippen LogP contribution is 2.30. The van der Waals surface area contributed by atoms with Crippen molar-refractivity contribution in [1.29, 1.82) is 0 Å². The molecule has 2 fully saturated rings. The molecule has 1 atom stereocenters. The number of anilines is 1. The zero-order chi connectivity index (χ0) is 16.4. The quantitative estimate of drug-likeness (QED) is 0.918. The first-order chi connectivity index (χ1) is 11.1. The summed E-state index contributed by atoms with van der Waals surface area (Å²) in [5.41, 5.74) is 0.726. The molecule has 124 valence electrons. The van der Waals surface area contributed by atoms with Crippen molar-refractivity contribution in [3.05, 3.63) is 29.3 Å². The van der Waals surface area contributed by atoms with Crippen LogP contribution in [0.2, 0.25) is 5.02 Å². The molecule has 3 rings (SSSR count). The molecule has 5 nitrogen and oxygen atoms in total. The van der Waals surface area contributed by atoms with Gasteiger partial charge in [-0.25, -0.2) is 0 Å². The van der Waals surface area contributed by atoms with Crippen molar-refractivity contribution in [2.24, 2.45) is 5.92 Å². The van der Waals surface area contributed by atoms with Crippen LogP contribution in [0.3, 0.4) is 0 Å². The fourth-order valence-electron chi connectivity index (χ4n) is 3.44. The number of halogens is 1. The smallest absolute Gasteiger partial charge is 0.249 e. The van der Waals surface area contributed by atoms with Crippen LogP contribution in [0, 0.1) is 5.92 Å². The molecule has 0 aliphatic carbocycles. The second kappa shape index (κ2) is 6.89. The highest BCUT2D eigenvalue weighted by atomic mass is 35.5. The molecule has 0 bridgehead atoms. The van der Waals surface area contributed by atoms with E-state index in [0.717, 1.165) is 31.6 Å². The second-order valence-electron chi connectivity index (χ2n) is 6.22. The maximum atomic E-state index is 12.7. The lowest BCUT2D eigenvalue weighted by Crippen LogP contribution is -2.47. The summed E-state index contributed by atoms with van der Waals surface area (Å²) in [7, 11) is 1.75. The van der Waals surface area contributed by atoms with Crippen molar-refractivity contribution in [2.45, 2.75) is 25.3 Å². The van der Waals surface area contributed by atoms with Crippen LogP contribution < -0.4 is 10.2 Å². The average molecular weight is 336 g/mol. The van der Waals surface area contributed by atoms with E-state index in [4.69, 9.17) is 11.6 Å². The molecular weight excluding hydrogens is 314 g/mol. The van der Waals surface area contributed by atoms with E-state index in [9.17, 15) is 9.59 Å². The number of carbonyl (C=O) groups is 2. The van der Waals surface area contributed by atoms with Crippen LogP contribution in [0.25, 0.3) is 0 Å². The number of piperidine rings is 1. The first-order valence-corrected chi connectivity index (χ1v) is 8.50. The van der Waals surface area contributed by atoms with Crippen LogP contribution >= 0.6 is 11.6 Å². The molecule has 0 radical (unpaired) electrons. The van der Waals surface area contributed by atoms with Gasteiger partial charge in [0.2, 0.25) is 11.8 Å². The third-order valence-corrected chi connectivity index (χ3v) is 5.14. The normalized spacial score (nSPS) is 22.4. The SMILES string of the molecule is CN(C(=O)C1CCNCC1)C1CCN(c2ccccc2Cl)C1=O. The van der Waals surface area contributed by atoms with E-state index in [-0.39, 0.29) is 23.8 Å². The average Bonchev–Trinajstić information content (AvgIpc) is 2.96. The Kier molecular flexibility index (Phi) is 4.87. The van der Waals surface area contributed by atoms with E-state index >= 15 is 0 Å². The highest BCUT2D eigenvalue weighted by Gasteiger charge is 2.39. The number of nitrogens with zero attached hydrogens (tertiary/aromatic N) is 2. The summed E-state index contributed by atoms with van der Waals surface area (Å²) in [6, 6.07) is 6.95. The van der Waals surface area contributed by atoms with Crippen molar-refractivity contribution in [2.75, 3.05) is 31.6 Å². The van der Waals surface area contributed by atoms with E-state index < -0.39 is 0 Å². The van der Waals surface area contributed by atoms with Gasteiger partial charge in [-0.2, -0.15) is 0 Å². The van der Waals surface area contributed by atoms with Crippen LogP contribution in [0.15, 0.2) is 24.3 Å². The Morgan fingerprint density at radius 1 is 1.26 bits per heavy atom. The number of hydrogen-bond acceptors (Lipinski definition) is 3. The van der Waals surface area contributed by atoms with E-state index in [1.54, 1.807) is 22.9 Å². The molecule has 1 N–H and O–H groups in total. The molecule has 1 aromatic carbocycles. The van der Waals surface area contributed by atoms with Crippen LogP contribution in [0.4, 0.5) is 5.69 Å². The van der Waals surface area contributed by atoms with Gasteiger partial charge in [-0.15, -0.1) is 0 Å². The van der Waals surface area contributed by atoms with E-state index in [2.05, 4.69) is 5.32 Å². The number of rotatable bonds is 3.